The van der Waals surface area contributed by atoms with Crippen molar-refractivity contribution in [1.82, 2.24) is 15.1 Å². The van der Waals surface area contributed by atoms with E-state index in [2.05, 4.69) is 26.1 Å². The number of nitrogens with one attached hydrogen (secondary N) is 1. The lowest BCUT2D eigenvalue weighted by molar-refractivity contribution is -0.122. The first-order valence-corrected chi connectivity index (χ1v) is 10.4. The molecule has 0 spiro atoms. The lowest BCUT2D eigenvalue weighted by atomic mass is 10.2. The molecule has 2 rings (SSSR count). The minimum absolute atomic E-state index is 0.0144. The van der Waals surface area contributed by atoms with Gasteiger partial charge < -0.3 is 5.32 Å². The topological polar surface area (TPSA) is 95.7 Å². The first-order chi connectivity index (χ1) is 11.7. The van der Waals surface area contributed by atoms with E-state index in [0.29, 0.717) is 29.7 Å². The van der Waals surface area contributed by atoms with Gasteiger partial charge >= 0.3 is 0 Å². The number of carbonyl (C=O) groups excluding carboxylic acids is 1. The molecular formula is C15H22BrFN4O3S. The van der Waals surface area contributed by atoms with E-state index in [1.54, 1.807) is 6.07 Å². The highest BCUT2D eigenvalue weighted by Gasteiger charge is 2.20. The summed E-state index contributed by atoms with van der Waals surface area (Å²) in [5.41, 5.74) is 0.650. The Morgan fingerprint density at radius 3 is 2.48 bits per heavy atom. The second kappa shape index (κ2) is 9.04. The predicted octanol–water partition coefficient (Wildman–Crippen LogP) is 0.111. The molecule has 0 unspecified atom stereocenters. The third kappa shape index (κ3) is 7.37. The Bertz CT molecular complexity index is 709. The average molecular weight is 437 g/mol. The van der Waals surface area contributed by atoms with E-state index in [1.807, 2.05) is 11.0 Å². The molecule has 3 N–H and O–H groups in total. The number of nitrogens with zero attached hydrogens (tertiary/aromatic N) is 2. The van der Waals surface area contributed by atoms with Gasteiger partial charge in [0.05, 0.1) is 12.3 Å². The molecule has 25 heavy (non-hydrogen) atoms. The van der Waals surface area contributed by atoms with E-state index in [9.17, 15) is 17.6 Å². The Labute approximate surface area is 155 Å². The zero-order valence-electron chi connectivity index (χ0n) is 13.7. The summed E-state index contributed by atoms with van der Waals surface area (Å²) in [7, 11) is -3.56. The molecule has 0 saturated carbocycles. The lowest BCUT2D eigenvalue weighted by Gasteiger charge is -2.34. The molecule has 1 aliphatic heterocycles. The second-order valence-corrected chi connectivity index (χ2v) is 8.65. The normalized spacial score (nSPS) is 16.8. The molecule has 0 atom stereocenters. The summed E-state index contributed by atoms with van der Waals surface area (Å²) in [4.78, 5) is 15.9. The van der Waals surface area contributed by atoms with Gasteiger partial charge in [0, 0.05) is 49.3 Å². The fourth-order valence-corrected chi connectivity index (χ4v) is 3.31. The van der Waals surface area contributed by atoms with E-state index in [4.69, 9.17) is 5.14 Å². The summed E-state index contributed by atoms with van der Waals surface area (Å²) in [6, 6.07) is 5.04. The molecule has 1 fully saturated rings. The average Bonchev–Trinajstić information content (AvgIpc) is 2.50. The van der Waals surface area contributed by atoms with Gasteiger partial charge in [-0.15, -0.1) is 0 Å². The molecule has 0 radical (unpaired) electrons. The first kappa shape index (κ1) is 20.2. The third-order valence-electron chi connectivity index (χ3n) is 3.95. The number of primary sulfonamides is 1. The molecule has 0 aliphatic carbocycles. The molecule has 1 heterocycles. The van der Waals surface area contributed by atoms with Gasteiger partial charge in [0.15, 0.2) is 0 Å². The molecule has 140 valence electrons. The fraction of sp³-hybridized carbons (Fsp3) is 0.533. The minimum atomic E-state index is -3.56. The molecule has 1 aromatic rings. The highest BCUT2D eigenvalue weighted by atomic mass is 79.9. The van der Waals surface area contributed by atoms with Gasteiger partial charge in [-0.25, -0.2) is 17.9 Å². The van der Waals surface area contributed by atoms with Crippen LogP contribution in [0, 0.1) is 5.82 Å². The largest absolute Gasteiger partial charge is 0.354 e. The molecular weight excluding hydrogens is 415 g/mol. The van der Waals surface area contributed by atoms with E-state index < -0.39 is 10.0 Å². The van der Waals surface area contributed by atoms with Crippen LogP contribution < -0.4 is 10.5 Å². The number of hydrogen-bond donors (Lipinski definition) is 2. The smallest absolute Gasteiger partial charge is 0.234 e. The van der Waals surface area contributed by atoms with Crippen LogP contribution >= 0.6 is 15.9 Å². The van der Waals surface area contributed by atoms with Gasteiger partial charge in [-0.2, -0.15) is 0 Å². The van der Waals surface area contributed by atoms with Crippen molar-refractivity contribution in [2.24, 2.45) is 5.14 Å². The standard InChI is InChI=1S/C15H22BrFN4O3S/c16-13-2-1-12(14(17)9-13)10-20-4-6-21(7-5-20)11-15(22)19-3-8-25(18,23)24/h1-2,9H,3-8,10-11H2,(H,19,22)(H2,18,23,24). The van der Waals surface area contributed by atoms with Crippen LogP contribution in [0.3, 0.4) is 0 Å². The van der Waals surface area contributed by atoms with E-state index in [1.165, 1.54) is 6.07 Å². The zero-order valence-corrected chi connectivity index (χ0v) is 16.2. The summed E-state index contributed by atoms with van der Waals surface area (Å²) < 4.78 is 36.2. The number of nitrogens with two attached hydrogens (primary N) is 1. The minimum Gasteiger partial charge on any atom is -0.354 e. The Hall–Kier alpha value is -1.07. The molecule has 1 aromatic carbocycles. The number of carbonyl (C=O) groups is 1. The van der Waals surface area contributed by atoms with Gasteiger partial charge in [0.2, 0.25) is 15.9 Å². The van der Waals surface area contributed by atoms with Crippen molar-refractivity contribution >= 4 is 31.9 Å². The molecule has 0 bridgehead atoms. The monoisotopic (exact) mass is 436 g/mol. The highest BCUT2D eigenvalue weighted by Crippen LogP contribution is 2.17. The number of piperazine rings is 1. The number of sulfonamides is 1. The summed E-state index contributed by atoms with van der Waals surface area (Å²) in [5, 5.41) is 7.42. The SMILES string of the molecule is NS(=O)(=O)CCNC(=O)CN1CCN(Cc2ccc(Br)cc2F)CC1. The maximum Gasteiger partial charge on any atom is 0.234 e. The number of benzene rings is 1. The summed E-state index contributed by atoms with van der Waals surface area (Å²) in [6.07, 6.45) is 0. The highest BCUT2D eigenvalue weighted by molar-refractivity contribution is 9.10. The van der Waals surface area contributed by atoms with Gasteiger partial charge in [-0.3, -0.25) is 14.6 Å². The van der Waals surface area contributed by atoms with Crippen molar-refractivity contribution in [2.75, 3.05) is 45.0 Å². The second-order valence-electron chi connectivity index (χ2n) is 6.00. The first-order valence-electron chi connectivity index (χ1n) is 7.89. The number of amides is 1. The number of rotatable bonds is 7. The van der Waals surface area contributed by atoms with Crippen molar-refractivity contribution in [1.29, 1.82) is 0 Å². The maximum absolute atomic E-state index is 13.9. The molecule has 1 aliphatic rings. The van der Waals surface area contributed by atoms with Crippen molar-refractivity contribution < 1.29 is 17.6 Å². The Kier molecular flexibility index (Phi) is 7.32. The van der Waals surface area contributed by atoms with Gasteiger partial charge in [-0.05, 0) is 12.1 Å². The van der Waals surface area contributed by atoms with Crippen LogP contribution in [-0.2, 0) is 21.4 Å². The van der Waals surface area contributed by atoms with Gasteiger partial charge in [0.1, 0.15) is 5.82 Å². The molecule has 1 saturated heterocycles. The van der Waals surface area contributed by atoms with Gasteiger partial charge in [0.25, 0.3) is 0 Å². The summed E-state index contributed by atoms with van der Waals surface area (Å²) in [5.74, 6) is -0.729. The quantitative estimate of drug-likeness (QED) is 0.632. The van der Waals surface area contributed by atoms with Crippen LogP contribution in [0.5, 0.6) is 0 Å². The number of hydrogen-bond acceptors (Lipinski definition) is 5. The summed E-state index contributed by atoms with van der Waals surface area (Å²) >= 11 is 3.24. The van der Waals surface area contributed by atoms with Crippen molar-refractivity contribution in [3.8, 4) is 0 Å². The van der Waals surface area contributed by atoms with Crippen LogP contribution in [0.25, 0.3) is 0 Å². The van der Waals surface area contributed by atoms with Crippen molar-refractivity contribution in [3.05, 3.63) is 34.1 Å². The van der Waals surface area contributed by atoms with Crippen LogP contribution in [0.15, 0.2) is 22.7 Å². The van der Waals surface area contributed by atoms with E-state index in [-0.39, 0.29) is 30.6 Å². The Balaban J connectivity index is 1.71. The molecule has 0 aromatic heterocycles. The van der Waals surface area contributed by atoms with Crippen LogP contribution in [0.4, 0.5) is 4.39 Å². The third-order valence-corrected chi connectivity index (χ3v) is 5.22. The van der Waals surface area contributed by atoms with Gasteiger partial charge in [-0.1, -0.05) is 22.0 Å². The van der Waals surface area contributed by atoms with Crippen LogP contribution in [-0.4, -0.2) is 69.1 Å². The van der Waals surface area contributed by atoms with Crippen molar-refractivity contribution in [2.45, 2.75) is 6.54 Å². The predicted molar refractivity (Wildman–Crippen MR) is 96.8 cm³/mol. The Morgan fingerprint density at radius 2 is 1.88 bits per heavy atom. The summed E-state index contributed by atoms with van der Waals surface area (Å²) in [6.45, 7) is 3.63. The van der Waals surface area contributed by atoms with E-state index in [0.717, 1.165) is 13.1 Å². The molecule has 1 amide bonds. The maximum atomic E-state index is 13.9. The van der Waals surface area contributed by atoms with Crippen LogP contribution in [0.2, 0.25) is 0 Å². The van der Waals surface area contributed by atoms with Crippen molar-refractivity contribution in [3.63, 3.8) is 0 Å². The lowest BCUT2D eigenvalue weighted by Crippen LogP contribution is -2.49. The Morgan fingerprint density at radius 1 is 1.24 bits per heavy atom. The van der Waals surface area contributed by atoms with Crippen LogP contribution in [0.1, 0.15) is 5.56 Å². The fourth-order valence-electron chi connectivity index (χ4n) is 2.59. The zero-order chi connectivity index (χ0) is 18.4. The number of halogens is 2. The molecule has 7 nitrogen and oxygen atoms in total. The van der Waals surface area contributed by atoms with E-state index >= 15 is 0 Å². The molecule has 10 heteroatoms.